The van der Waals surface area contributed by atoms with Crippen LogP contribution in [0.25, 0.3) is 17.0 Å². The maximum atomic E-state index is 12.4. The second kappa shape index (κ2) is 11.9. The highest BCUT2D eigenvalue weighted by atomic mass is 35.5. The van der Waals surface area contributed by atoms with Gasteiger partial charge in [0.2, 0.25) is 0 Å². The van der Waals surface area contributed by atoms with Gasteiger partial charge in [0.25, 0.3) is 5.91 Å². The summed E-state index contributed by atoms with van der Waals surface area (Å²) in [4.78, 5) is 38.9. The number of ether oxygens (including phenoxy) is 2. The van der Waals surface area contributed by atoms with Crippen molar-refractivity contribution in [2.24, 2.45) is 0 Å². The highest BCUT2D eigenvalue weighted by Gasteiger charge is 2.16. The molecule has 0 aliphatic heterocycles. The number of rotatable bonds is 9. The Morgan fingerprint density at radius 1 is 1.19 bits per heavy atom. The average molecular weight is 510 g/mol. The van der Waals surface area contributed by atoms with Crippen LogP contribution >= 0.6 is 11.6 Å². The smallest absolute Gasteiger partial charge is 0.349 e. The normalized spacial score (nSPS) is 11.0. The standard InChI is InChI=1S/C26H24ClN3O6/c1-30(2)19-7-5-16(6-8-19)11-18(15-28)25(32)35-10-4-9-29-24(31)20-12-17-13-21(27)23(34-3)14-22(17)36-26(20)33/h5-8,11-14H,4,9-10H2,1-3H3,(H,29,31)/b18-11-. The van der Waals surface area contributed by atoms with E-state index in [1.54, 1.807) is 12.1 Å². The van der Waals surface area contributed by atoms with Crippen molar-refractivity contribution in [3.63, 3.8) is 0 Å². The molecule has 186 valence electrons. The van der Waals surface area contributed by atoms with Gasteiger partial charge in [-0.25, -0.2) is 9.59 Å². The maximum absolute atomic E-state index is 12.4. The first kappa shape index (κ1) is 26.3. The van der Waals surface area contributed by atoms with Crippen LogP contribution in [0, 0.1) is 11.3 Å². The molecular weight excluding hydrogens is 486 g/mol. The Labute approximate surface area is 212 Å². The van der Waals surface area contributed by atoms with Crippen molar-refractivity contribution in [2.75, 3.05) is 39.3 Å². The molecule has 0 radical (unpaired) electrons. The Bertz CT molecular complexity index is 1400. The average Bonchev–Trinajstić information content (AvgIpc) is 2.86. The lowest BCUT2D eigenvalue weighted by Crippen LogP contribution is -2.29. The molecule has 0 aliphatic carbocycles. The van der Waals surface area contributed by atoms with Gasteiger partial charge in [0.15, 0.2) is 0 Å². The molecule has 0 fully saturated rings. The molecule has 1 amide bonds. The fourth-order valence-electron chi connectivity index (χ4n) is 3.22. The molecule has 1 N–H and O–H groups in total. The number of hydrogen-bond donors (Lipinski definition) is 1. The molecule has 2 aromatic carbocycles. The summed E-state index contributed by atoms with van der Waals surface area (Å²) in [6.07, 6.45) is 1.72. The molecule has 0 atom stereocenters. The number of halogens is 1. The minimum Gasteiger partial charge on any atom is -0.495 e. The summed E-state index contributed by atoms with van der Waals surface area (Å²) in [5.74, 6) is -1.05. The van der Waals surface area contributed by atoms with Gasteiger partial charge in [-0.1, -0.05) is 23.7 Å². The molecular formula is C26H24ClN3O6. The van der Waals surface area contributed by atoms with Crippen molar-refractivity contribution in [3.05, 3.63) is 74.6 Å². The van der Waals surface area contributed by atoms with Crippen molar-refractivity contribution in [3.8, 4) is 11.8 Å². The predicted molar refractivity (Wildman–Crippen MR) is 136 cm³/mol. The molecule has 0 spiro atoms. The molecule has 1 aromatic heterocycles. The number of carbonyl (C=O) groups is 2. The summed E-state index contributed by atoms with van der Waals surface area (Å²) >= 11 is 6.10. The molecule has 9 nitrogen and oxygen atoms in total. The number of methoxy groups -OCH3 is 1. The Balaban J connectivity index is 1.53. The van der Waals surface area contributed by atoms with Crippen LogP contribution in [0.1, 0.15) is 22.3 Å². The number of amides is 1. The van der Waals surface area contributed by atoms with E-state index < -0.39 is 17.5 Å². The van der Waals surface area contributed by atoms with Crippen molar-refractivity contribution >= 4 is 46.2 Å². The van der Waals surface area contributed by atoms with Gasteiger partial charge in [-0.2, -0.15) is 5.26 Å². The molecule has 10 heteroatoms. The first-order valence-electron chi connectivity index (χ1n) is 10.9. The van der Waals surface area contributed by atoms with Crippen LogP contribution in [0.15, 0.2) is 57.2 Å². The second-order valence-corrected chi connectivity index (χ2v) is 8.28. The van der Waals surface area contributed by atoms with Gasteiger partial charge in [-0.05, 0) is 42.3 Å². The largest absolute Gasteiger partial charge is 0.495 e. The number of carbonyl (C=O) groups excluding carboxylic acids is 2. The van der Waals surface area contributed by atoms with E-state index in [0.29, 0.717) is 21.7 Å². The van der Waals surface area contributed by atoms with Crippen molar-refractivity contribution in [2.45, 2.75) is 6.42 Å². The lowest BCUT2D eigenvalue weighted by Gasteiger charge is -2.11. The fourth-order valence-corrected chi connectivity index (χ4v) is 3.47. The van der Waals surface area contributed by atoms with Crippen LogP contribution in [0.3, 0.4) is 0 Å². The molecule has 0 saturated heterocycles. The predicted octanol–water partition coefficient (Wildman–Crippen LogP) is 3.79. The Kier molecular flexibility index (Phi) is 8.71. The second-order valence-electron chi connectivity index (χ2n) is 7.87. The highest BCUT2D eigenvalue weighted by molar-refractivity contribution is 6.32. The number of hydrogen-bond acceptors (Lipinski definition) is 8. The Hall–Kier alpha value is -4.29. The molecule has 0 saturated carbocycles. The quantitative estimate of drug-likeness (QED) is 0.152. The van der Waals surface area contributed by atoms with E-state index in [2.05, 4.69) is 5.32 Å². The van der Waals surface area contributed by atoms with Crippen molar-refractivity contribution < 1.29 is 23.5 Å². The topological polar surface area (TPSA) is 122 Å². The van der Waals surface area contributed by atoms with Crippen LogP contribution in [0.4, 0.5) is 5.69 Å². The maximum Gasteiger partial charge on any atom is 0.349 e. The molecule has 0 bridgehead atoms. The van der Waals surface area contributed by atoms with E-state index in [0.717, 1.165) is 5.69 Å². The van der Waals surface area contributed by atoms with Gasteiger partial charge in [0, 0.05) is 37.8 Å². The van der Waals surface area contributed by atoms with Crippen molar-refractivity contribution in [1.82, 2.24) is 5.32 Å². The van der Waals surface area contributed by atoms with Gasteiger partial charge >= 0.3 is 11.6 Å². The van der Waals surface area contributed by atoms with E-state index >= 15 is 0 Å². The summed E-state index contributed by atoms with van der Waals surface area (Å²) in [5, 5.41) is 12.7. The first-order valence-corrected chi connectivity index (χ1v) is 11.3. The zero-order valence-corrected chi connectivity index (χ0v) is 20.7. The molecule has 1 heterocycles. The Morgan fingerprint density at radius 3 is 2.56 bits per heavy atom. The third-order valence-electron chi connectivity index (χ3n) is 5.15. The third-order valence-corrected chi connectivity index (χ3v) is 5.45. The summed E-state index contributed by atoms with van der Waals surface area (Å²) in [7, 11) is 5.26. The van der Waals surface area contributed by atoms with E-state index in [9.17, 15) is 19.6 Å². The molecule has 3 rings (SSSR count). The van der Waals surface area contributed by atoms with E-state index in [1.807, 2.05) is 37.2 Å². The SMILES string of the molecule is COc1cc2oc(=O)c(C(=O)NCCCOC(=O)/C(C#N)=C\c3ccc(N(C)C)cc3)cc2cc1Cl. The lowest BCUT2D eigenvalue weighted by molar-refractivity contribution is -0.138. The minimum absolute atomic E-state index is 0.0283. The molecule has 0 aliphatic rings. The van der Waals surface area contributed by atoms with Crippen LogP contribution in [0.2, 0.25) is 5.02 Å². The summed E-state index contributed by atoms with van der Waals surface area (Å²) < 4.78 is 15.4. The molecule has 36 heavy (non-hydrogen) atoms. The van der Waals surface area contributed by atoms with Gasteiger partial charge < -0.3 is 24.1 Å². The van der Waals surface area contributed by atoms with E-state index in [1.165, 1.54) is 31.4 Å². The monoisotopic (exact) mass is 509 g/mol. The number of esters is 1. The van der Waals surface area contributed by atoms with Crippen LogP contribution < -0.4 is 20.6 Å². The lowest BCUT2D eigenvalue weighted by atomic mass is 10.1. The number of nitrogens with zero attached hydrogens (tertiary/aromatic N) is 2. The van der Waals surface area contributed by atoms with Gasteiger partial charge in [-0.15, -0.1) is 0 Å². The zero-order valence-electron chi connectivity index (χ0n) is 20.0. The van der Waals surface area contributed by atoms with Crippen LogP contribution in [-0.2, 0) is 9.53 Å². The summed E-state index contributed by atoms with van der Waals surface area (Å²) in [5.41, 5.74) is 0.783. The van der Waals surface area contributed by atoms with E-state index in [-0.39, 0.29) is 36.3 Å². The number of fused-ring (bicyclic) bond motifs is 1. The zero-order chi connectivity index (χ0) is 26.2. The minimum atomic E-state index is -0.807. The van der Waals surface area contributed by atoms with E-state index in [4.69, 9.17) is 25.5 Å². The first-order chi connectivity index (χ1) is 17.2. The number of nitriles is 1. The fraction of sp³-hybridized carbons (Fsp3) is 0.231. The molecule has 0 unspecified atom stereocenters. The number of nitrogens with one attached hydrogen (secondary N) is 1. The summed E-state index contributed by atoms with van der Waals surface area (Å²) in [6.45, 7) is 0.101. The number of benzene rings is 2. The highest BCUT2D eigenvalue weighted by Crippen LogP contribution is 2.29. The van der Waals surface area contributed by atoms with Gasteiger partial charge in [0.1, 0.15) is 28.5 Å². The van der Waals surface area contributed by atoms with Crippen LogP contribution in [-0.4, -0.2) is 46.2 Å². The summed E-state index contributed by atoms with van der Waals surface area (Å²) in [6, 6.07) is 13.6. The van der Waals surface area contributed by atoms with Gasteiger partial charge in [-0.3, -0.25) is 4.79 Å². The van der Waals surface area contributed by atoms with Crippen LogP contribution in [0.5, 0.6) is 5.75 Å². The third kappa shape index (κ3) is 6.43. The van der Waals surface area contributed by atoms with Gasteiger partial charge in [0.05, 0.1) is 18.7 Å². The number of anilines is 1. The Morgan fingerprint density at radius 2 is 1.92 bits per heavy atom. The van der Waals surface area contributed by atoms with Crippen molar-refractivity contribution in [1.29, 1.82) is 5.26 Å². The molecule has 3 aromatic rings.